The number of benzene rings is 3. The van der Waals surface area contributed by atoms with Gasteiger partial charge >= 0.3 is 0 Å². The molecule has 6 heteroatoms. The lowest BCUT2D eigenvalue weighted by atomic mass is 10.0. The number of rotatable bonds is 6. The molecule has 3 rings (SSSR count). The summed E-state index contributed by atoms with van der Waals surface area (Å²) in [6, 6.07) is 21.2. The van der Waals surface area contributed by atoms with Gasteiger partial charge in [-0.15, -0.1) is 0 Å². The number of carbonyl (C=O) groups excluding carboxylic acids is 2. The fourth-order valence-corrected chi connectivity index (χ4v) is 2.73. The molecule has 0 aromatic heterocycles. The number of ether oxygens (including phenoxy) is 1. The summed E-state index contributed by atoms with van der Waals surface area (Å²) in [6.07, 6.45) is 0. The molecule has 0 saturated carbocycles. The van der Waals surface area contributed by atoms with Crippen LogP contribution in [0.4, 0.5) is 5.69 Å². The largest absolute Gasteiger partial charge is 0.494 e. The van der Waals surface area contributed by atoms with Crippen molar-refractivity contribution in [3.05, 3.63) is 83.9 Å². The van der Waals surface area contributed by atoms with Crippen LogP contribution >= 0.6 is 0 Å². The zero-order valence-corrected chi connectivity index (χ0v) is 15.3. The fraction of sp³-hybridized carbons (Fsp3) is 0.0909. The Bertz CT molecular complexity index is 967. The summed E-state index contributed by atoms with van der Waals surface area (Å²) in [4.78, 5) is 23.9. The maximum Gasteiger partial charge on any atom is 0.274 e. The zero-order chi connectivity index (χ0) is 19.9. The maximum absolute atomic E-state index is 12.5. The van der Waals surface area contributed by atoms with Gasteiger partial charge < -0.3 is 10.1 Å². The SMILES string of the molecule is CCOc1ccc(C(=O)Nc2cccc(-c3ccc(C(=O)NO)cc3)c2)cc1. The number of nitrogens with one attached hydrogen (secondary N) is 2. The van der Waals surface area contributed by atoms with Gasteiger partial charge in [0.1, 0.15) is 5.75 Å². The Morgan fingerprint density at radius 2 is 1.50 bits per heavy atom. The predicted molar refractivity (Wildman–Crippen MR) is 107 cm³/mol. The molecule has 0 bridgehead atoms. The minimum atomic E-state index is -0.567. The molecule has 6 nitrogen and oxygen atoms in total. The second-order valence-corrected chi connectivity index (χ2v) is 6.01. The van der Waals surface area contributed by atoms with Crippen LogP contribution in [-0.2, 0) is 0 Å². The second kappa shape index (κ2) is 8.83. The Balaban J connectivity index is 1.74. The Labute approximate surface area is 162 Å². The quantitative estimate of drug-likeness (QED) is 0.446. The molecule has 3 N–H and O–H groups in total. The lowest BCUT2D eigenvalue weighted by Gasteiger charge is -2.09. The molecular weight excluding hydrogens is 356 g/mol. The van der Waals surface area contributed by atoms with Crippen molar-refractivity contribution in [3.8, 4) is 16.9 Å². The number of hydrogen-bond acceptors (Lipinski definition) is 4. The van der Waals surface area contributed by atoms with E-state index in [4.69, 9.17) is 9.94 Å². The van der Waals surface area contributed by atoms with Crippen LogP contribution in [0, 0.1) is 0 Å². The number of carbonyl (C=O) groups is 2. The molecule has 142 valence electrons. The lowest BCUT2D eigenvalue weighted by Crippen LogP contribution is -2.18. The Hall–Kier alpha value is -3.64. The minimum Gasteiger partial charge on any atom is -0.494 e. The van der Waals surface area contributed by atoms with Crippen LogP contribution in [0.2, 0.25) is 0 Å². The standard InChI is InChI=1S/C22H20N2O4/c1-2-28-20-12-10-16(11-13-20)21(25)23-19-5-3-4-18(14-19)15-6-8-17(9-7-15)22(26)24-27/h3-14,27H,2H2,1H3,(H,23,25)(H,24,26). The third kappa shape index (κ3) is 4.55. The first-order valence-electron chi connectivity index (χ1n) is 8.80. The van der Waals surface area contributed by atoms with Crippen molar-refractivity contribution >= 4 is 17.5 Å². The highest BCUT2D eigenvalue weighted by Gasteiger charge is 2.08. The van der Waals surface area contributed by atoms with Crippen LogP contribution in [0.15, 0.2) is 72.8 Å². The highest BCUT2D eigenvalue weighted by Crippen LogP contribution is 2.24. The Morgan fingerprint density at radius 3 is 2.14 bits per heavy atom. The van der Waals surface area contributed by atoms with Crippen LogP contribution in [0.1, 0.15) is 27.6 Å². The summed E-state index contributed by atoms with van der Waals surface area (Å²) in [7, 11) is 0. The predicted octanol–water partition coefficient (Wildman–Crippen LogP) is 4.12. The van der Waals surface area contributed by atoms with Gasteiger partial charge in [0.15, 0.2) is 0 Å². The first-order chi connectivity index (χ1) is 13.6. The van der Waals surface area contributed by atoms with Gasteiger partial charge in [-0.2, -0.15) is 0 Å². The van der Waals surface area contributed by atoms with E-state index < -0.39 is 5.91 Å². The van der Waals surface area contributed by atoms with Gasteiger partial charge in [0.2, 0.25) is 0 Å². The van der Waals surface area contributed by atoms with Gasteiger partial charge in [-0.25, -0.2) is 5.48 Å². The summed E-state index contributed by atoms with van der Waals surface area (Å²) in [5.41, 5.74) is 4.92. The van der Waals surface area contributed by atoms with Gasteiger partial charge in [-0.3, -0.25) is 14.8 Å². The molecule has 3 aromatic carbocycles. The van der Waals surface area contributed by atoms with Gasteiger partial charge in [0.25, 0.3) is 11.8 Å². The average molecular weight is 376 g/mol. The highest BCUT2D eigenvalue weighted by molar-refractivity contribution is 6.04. The zero-order valence-electron chi connectivity index (χ0n) is 15.3. The molecule has 3 aromatic rings. The molecule has 0 aliphatic rings. The fourth-order valence-electron chi connectivity index (χ4n) is 2.73. The summed E-state index contributed by atoms with van der Waals surface area (Å²) in [5.74, 6) is -0.0579. The Morgan fingerprint density at radius 1 is 0.857 bits per heavy atom. The number of hydrogen-bond donors (Lipinski definition) is 3. The van der Waals surface area contributed by atoms with E-state index in [9.17, 15) is 9.59 Å². The van der Waals surface area contributed by atoms with Crippen molar-refractivity contribution in [3.63, 3.8) is 0 Å². The third-order valence-corrected chi connectivity index (χ3v) is 4.13. The summed E-state index contributed by atoms with van der Waals surface area (Å²) < 4.78 is 5.38. The van der Waals surface area contributed by atoms with Gasteiger partial charge in [-0.05, 0) is 66.6 Å². The summed E-state index contributed by atoms with van der Waals surface area (Å²) >= 11 is 0. The van der Waals surface area contributed by atoms with E-state index >= 15 is 0 Å². The molecule has 0 aliphatic carbocycles. The van der Waals surface area contributed by atoms with Crippen LogP contribution in [0.25, 0.3) is 11.1 Å². The van der Waals surface area contributed by atoms with E-state index in [0.29, 0.717) is 23.4 Å². The molecular formula is C22H20N2O4. The van der Waals surface area contributed by atoms with Crippen molar-refractivity contribution in [1.82, 2.24) is 5.48 Å². The van der Waals surface area contributed by atoms with E-state index in [1.807, 2.05) is 31.2 Å². The lowest BCUT2D eigenvalue weighted by molar-refractivity contribution is 0.0706. The second-order valence-electron chi connectivity index (χ2n) is 6.01. The number of anilines is 1. The van der Waals surface area contributed by atoms with Crippen LogP contribution in [0.3, 0.4) is 0 Å². The maximum atomic E-state index is 12.5. The van der Waals surface area contributed by atoms with Crippen molar-refractivity contribution < 1.29 is 19.5 Å². The van der Waals surface area contributed by atoms with Gasteiger partial charge in [0, 0.05) is 16.8 Å². The molecule has 0 atom stereocenters. The van der Waals surface area contributed by atoms with Crippen LogP contribution < -0.4 is 15.5 Å². The van der Waals surface area contributed by atoms with Crippen LogP contribution in [0.5, 0.6) is 5.75 Å². The van der Waals surface area contributed by atoms with Crippen molar-refractivity contribution in [2.75, 3.05) is 11.9 Å². The molecule has 0 aliphatic heterocycles. The Kier molecular flexibility index (Phi) is 6.04. The van der Waals surface area contributed by atoms with Gasteiger partial charge in [0.05, 0.1) is 6.61 Å². The molecule has 0 fully saturated rings. The molecule has 2 amide bonds. The molecule has 28 heavy (non-hydrogen) atoms. The van der Waals surface area contributed by atoms with Crippen molar-refractivity contribution in [2.24, 2.45) is 0 Å². The van der Waals surface area contributed by atoms with Gasteiger partial charge in [-0.1, -0.05) is 24.3 Å². The third-order valence-electron chi connectivity index (χ3n) is 4.13. The summed E-state index contributed by atoms with van der Waals surface area (Å²) in [6.45, 7) is 2.48. The molecule has 0 radical (unpaired) electrons. The highest BCUT2D eigenvalue weighted by atomic mass is 16.5. The van der Waals surface area contributed by atoms with E-state index in [1.165, 1.54) is 0 Å². The smallest absolute Gasteiger partial charge is 0.274 e. The first-order valence-corrected chi connectivity index (χ1v) is 8.80. The monoisotopic (exact) mass is 376 g/mol. The van der Waals surface area contributed by atoms with E-state index in [0.717, 1.165) is 16.9 Å². The van der Waals surface area contributed by atoms with E-state index in [2.05, 4.69) is 5.32 Å². The first kappa shape index (κ1) is 19.1. The topological polar surface area (TPSA) is 87.7 Å². The molecule has 0 heterocycles. The molecule has 0 unspecified atom stereocenters. The van der Waals surface area contributed by atoms with Crippen molar-refractivity contribution in [1.29, 1.82) is 0 Å². The number of hydroxylamine groups is 1. The normalized spacial score (nSPS) is 10.2. The van der Waals surface area contributed by atoms with E-state index in [-0.39, 0.29) is 5.91 Å². The molecule has 0 spiro atoms. The minimum absolute atomic E-state index is 0.213. The van der Waals surface area contributed by atoms with E-state index in [1.54, 1.807) is 54.0 Å². The summed E-state index contributed by atoms with van der Waals surface area (Å²) in [5, 5.41) is 11.6. The van der Waals surface area contributed by atoms with Crippen molar-refractivity contribution in [2.45, 2.75) is 6.92 Å². The van der Waals surface area contributed by atoms with Crippen LogP contribution in [-0.4, -0.2) is 23.6 Å². The average Bonchev–Trinajstić information content (AvgIpc) is 2.74. The number of amides is 2. The molecule has 0 saturated heterocycles.